The normalized spacial score (nSPS) is 17.8. The quantitative estimate of drug-likeness (QED) is 0.873. The van der Waals surface area contributed by atoms with E-state index >= 15 is 0 Å². The van der Waals surface area contributed by atoms with Gasteiger partial charge in [0.15, 0.2) is 0 Å². The van der Waals surface area contributed by atoms with Crippen LogP contribution in [0.2, 0.25) is 0 Å². The molecule has 1 saturated heterocycles. The molecule has 0 saturated carbocycles. The summed E-state index contributed by atoms with van der Waals surface area (Å²) in [7, 11) is -1.88. The van der Waals surface area contributed by atoms with Gasteiger partial charge in [0.2, 0.25) is 10.0 Å². The minimum atomic E-state index is -3.39. The van der Waals surface area contributed by atoms with E-state index in [4.69, 9.17) is 4.74 Å². The lowest BCUT2D eigenvalue weighted by atomic mass is 10.2. The first kappa shape index (κ1) is 17.1. The van der Waals surface area contributed by atoms with Crippen LogP contribution in [0.4, 0.5) is 11.4 Å². The van der Waals surface area contributed by atoms with Crippen molar-refractivity contribution in [3.8, 4) is 0 Å². The van der Waals surface area contributed by atoms with Crippen LogP contribution < -0.4 is 9.62 Å². The van der Waals surface area contributed by atoms with Crippen molar-refractivity contribution in [2.75, 3.05) is 35.6 Å². The van der Waals surface area contributed by atoms with E-state index in [2.05, 4.69) is 9.62 Å². The van der Waals surface area contributed by atoms with Crippen molar-refractivity contribution in [1.29, 1.82) is 0 Å². The van der Waals surface area contributed by atoms with Gasteiger partial charge in [0.1, 0.15) is 0 Å². The second-order valence-corrected chi connectivity index (χ2v) is 7.65. The number of ether oxygens (including phenoxy) is 1. The van der Waals surface area contributed by atoms with Gasteiger partial charge in [-0.25, -0.2) is 8.42 Å². The zero-order valence-corrected chi connectivity index (χ0v) is 14.2. The lowest BCUT2D eigenvalue weighted by molar-refractivity contribution is 0.136. The molecule has 1 aromatic carbocycles. The number of hydrogen-bond acceptors (Lipinski definition) is 4. The molecule has 1 fully saturated rings. The van der Waals surface area contributed by atoms with Gasteiger partial charge < -0.3 is 9.64 Å². The lowest BCUT2D eigenvalue weighted by Gasteiger charge is -2.23. The summed E-state index contributed by atoms with van der Waals surface area (Å²) in [6.45, 7) is 3.82. The predicted molar refractivity (Wildman–Crippen MR) is 91.0 cm³/mol. The van der Waals surface area contributed by atoms with Crippen LogP contribution in [0.15, 0.2) is 24.3 Å². The van der Waals surface area contributed by atoms with Crippen molar-refractivity contribution in [3.05, 3.63) is 24.3 Å². The summed E-state index contributed by atoms with van der Waals surface area (Å²) in [4.78, 5) is 2.34. The Morgan fingerprint density at radius 1 is 1.23 bits per heavy atom. The Morgan fingerprint density at radius 3 is 2.55 bits per heavy atom. The van der Waals surface area contributed by atoms with Gasteiger partial charge in [-0.15, -0.1) is 0 Å². The third-order valence-corrected chi connectivity index (χ3v) is 5.40. The van der Waals surface area contributed by atoms with Crippen LogP contribution in [0.1, 0.15) is 32.6 Å². The molecule has 1 N–H and O–H groups in total. The molecule has 124 valence electrons. The highest BCUT2D eigenvalue weighted by Gasteiger charge is 2.16. The zero-order chi connectivity index (χ0) is 16.0. The molecule has 1 aromatic rings. The van der Waals surface area contributed by atoms with E-state index in [1.165, 1.54) is 32.8 Å². The van der Waals surface area contributed by atoms with Crippen molar-refractivity contribution in [2.45, 2.75) is 38.7 Å². The Kier molecular flexibility index (Phi) is 6.08. The molecular formula is C16H26N2O3S. The number of benzene rings is 1. The average molecular weight is 326 g/mol. The topological polar surface area (TPSA) is 58.6 Å². The standard InChI is InChI=1S/C16H26N2O3S/c1-14(21-2)13-22(19,20)17-15-8-7-9-16(12-15)18-10-5-3-4-6-11-18/h7-9,12,14,17H,3-6,10-11,13H2,1-2H3. The smallest absolute Gasteiger partial charge is 0.235 e. The first-order chi connectivity index (χ1) is 10.5. The van der Waals surface area contributed by atoms with Gasteiger partial charge in [0.05, 0.1) is 17.5 Å². The number of nitrogens with zero attached hydrogens (tertiary/aromatic N) is 1. The number of hydrogen-bond donors (Lipinski definition) is 1. The minimum Gasteiger partial charge on any atom is -0.381 e. The van der Waals surface area contributed by atoms with E-state index in [1.54, 1.807) is 13.0 Å². The number of methoxy groups -OCH3 is 1. The minimum absolute atomic E-state index is 0.0442. The highest BCUT2D eigenvalue weighted by Crippen LogP contribution is 2.23. The number of sulfonamides is 1. The van der Waals surface area contributed by atoms with Crippen molar-refractivity contribution in [2.24, 2.45) is 0 Å². The SMILES string of the molecule is COC(C)CS(=O)(=O)Nc1cccc(N2CCCCCC2)c1. The van der Waals surface area contributed by atoms with E-state index in [0.29, 0.717) is 5.69 Å². The van der Waals surface area contributed by atoms with Gasteiger partial charge in [0, 0.05) is 25.9 Å². The number of rotatable bonds is 6. The molecule has 0 amide bonds. The first-order valence-electron chi connectivity index (χ1n) is 7.88. The van der Waals surface area contributed by atoms with Crippen LogP contribution in [0.25, 0.3) is 0 Å². The Balaban J connectivity index is 2.07. The molecule has 2 rings (SSSR count). The van der Waals surface area contributed by atoms with Gasteiger partial charge in [-0.2, -0.15) is 0 Å². The molecule has 0 bridgehead atoms. The Labute approximate surface area is 133 Å². The number of anilines is 2. The maximum Gasteiger partial charge on any atom is 0.235 e. The summed E-state index contributed by atoms with van der Waals surface area (Å²) < 4.78 is 31.9. The van der Waals surface area contributed by atoms with Gasteiger partial charge in [-0.3, -0.25) is 4.72 Å². The summed E-state index contributed by atoms with van der Waals surface area (Å²) >= 11 is 0. The highest BCUT2D eigenvalue weighted by molar-refractivity contribution is 7.92. The first-order valence-corrected chi connectivity index (χ1v) is 9.54. The molecule has 0 aromatic heterocycles. The van der Waals surface area contributed by atoms with Crippen LogP contribution in [0.5, 0.6) is 0 Å². The van der Waals surface area contributed by atoms with Gasteiger partial charge in [-0.1, -0.05) is 18.9 Å². The summed E-state index contributed by atoms with van der Waals surface area (Å²) in [5, 5.41) is 0. The van der Waals surface area contributed by atoms with E-state index < -0.39 is 10.0 Å². The maximum absolute atomic E-state index is 12.1. The molecule has 0 radical (unpaired) electrons. The van der Waals surface area contributed by atoms with Gasteiger partial charge in [0.25, 0.3) is 0 Å². The second kappa shape index (κ2) is 7.83. The van der Waals surface area contributed by atoms with E-state index in [9.17, 15) is 8.42 Å². The molecule has 1 heterocycles. The van der Waals surface area contributed by atoms with Gasteiger partial charge >= 0.3 is 0 Å². The molecule has 1 unspecified atom stereocenters. The Hall–Kier alpha value is -1.27. The average Bonchev–Trinajstić information content (AvgIpc) is 2.75. The summed E-state index contributed by atoms with van der Waals surface area (Å²) in [6, 6.07) is 7.65. The summed E-state index contributed by atoms with van der Waals surface area (Å²) in [5.41, 5.74) is 1.70. The largest absolute Gasteiger partial charge is 0.381 e. The van der Waals surface area contributed by atoms with Gasteiger partial charge in [-0.05, 0) is 38.0 Å². The fraction of sp³-hybridized carbons (Fsp3) is 0.625. The van der Waals surface area contributed by atoms with E-state index in [-0.39, 0.29) is 11.9 Å². The Morgan fingerprint density at radius 2 is 1.91 bits per heavy atom. The lowest BCUT2D eigenvalue weighted by Crippen LogP contribution is -2.26. The maximum atomic E-state index is 12.1. The fourth-order valence-electron chi connectivity index (χ4n) is 2.69. The van der Waals surface area contributed by atoms with Crippen LogP contribution >= 0.6 is 0 Å². The van der Waals surface area contributed by atoms with Crippen molar-refractivity contribution < 1.29 is 13.2 Å². The third-order valence-electron chi connectivity index (χ3n) is 3.95. The summed E-state index contributed by atoms with van der Waals surface area (Å²) in [5.74, 6) is -0.0442. The van der Waals surface area contributed by atoms with Crippen molar-refractivity contribution >= 4 is 21.4 Å². The van der Waals surface area contributed by atoms with Crippen LogP contribution in [0, 0.1) is 0 Å². The molecule has 0 spiro atoms. The molecule has 6 heteroatoms. The highest BCUT2D eigenvalue weighted by atomic mass is 32.2. The molecule has 5 nitrogen and oxygen atoms in total. The Bertz CT molecular complexity index is 567. The second-order valence-electron chi connectivity index (χ2n) is 5.88. The molecule has 0 aliphatic carbocycles. The monoisotopic (exact) mass is 326 g/mol. The van der Waals surface area contributed by atoms with Crippen molar-refractivity contribution in [3.63, 3.8) is 0 Å². The molecule has 1 atom stereocenters. The molecule has 22 heavy (non-hydrogen) atoms. The van der Waals surface area contributed by atoms with Crippen LogP contribution in [-0.2, 0) is 14.8 Å². The van der Waals surface area contributed by atoms with E-state index in [0.717, 1.165) is 18.8 Å². The number of nitrogens with one attached hydrogen (secondary N) is 1. The van der Waals surface area contributed by atoms with Crippen LogP contribution in [0.3, 0.4) is 0 Å². The zero-order valence-electron chi connectivity index (χ0n) is 13.4. The van der Waals surface area contributed by atoms with Crippen LogP contribution in [-0.4, -0.2) is 40.5 Å². The molecular weight excluding hydrogens is 300 g/mol. The third kappa shape index (κ3) is 5.18. The fourth-order valence-corrected chi connectivity index (χ4v) is 4.02. The van der Waals surface area contributed by atoms with Crippen molar-refractivity contribution in [1.82, 2.24) is 0 Å². The summed E-state index contributed by atoms with van der Waals surface area (Å²) in [6.07, 6.45) is 4.62. The predicted octanol–water partition coefficient (Wildman–Crippen LogP) is 2.84. The van der Waals surface area contributed by atoms with E-state index in [1.807, 2.05) is 18.2 Å². The molecule has 1 aliphatic heterocycles. The molecule has 1 aliphatic rings.